The fraction of sp³-hybridized carbons (Fsp3) is 0.500. The Hall–Kier alpha value is -1.35. The van der Waals surface area contributed by atoms with Gasteiger partial charge in [-0.05, 0) is 27.1 Å². The third-order valence-corrected chi connectivity index (χ3v) is 3.60. The smallest absolute Gasteiger partial charge is 0.252 e. The van der Waals surface area contributed by atoms with Crippen molar-refractivity contribution in [3.05, 3.63) is 21.9 Å². The molecule has 2 N–H and O–H groups in total. The first-order valence-corrected chi connectivity index (χ1v) is 7.05. The molecule has 1 heterocycles. The van der Waals surface area contributed by atoms with Crippen LogP contribution in [-0.4, -0.2) is 49.2 Å². The first kappa shape index (κ1) is 15.7. The normalized spacial score (nSPS) is 11.8. The molecule has 1 amide bonds. The molecule has 5 heteroatoms. The second kappa shape index (κ2) is 7.95. The van der Waals surface area contributed by atoms with Gasteiger partial charge in [-0.15, -0.1) is 11.3 Å². The lowest BCUT2D eigenvalue weighted by Crippen LogP contribution is -2.38. The molecular formula is C14H20N2O2S. The molecule has 0 spiro atoms. The summed E-state index contributed by atoms with van der Waals surface area (Å²) in [4.78, 5) is 14.8. The number of amides is 1. The van der Waals surface area contributed by atoms with E-state index in [1.807, 2.05) is 14.1 Å². The third kappa shape index (κ3) is 5.43. The van der Waals surface area contributed by atoms with Gasteiger partial charge >= 0.3 is 0 Å². The molecule has 0 bridgehead atoms. The van der Waals surface area contributed by atoms with Gasteiger partial charge in [0, 0.05) is 24.4 Å². The van der Waals surface area contributed by atoms with Gasteiger partial charge in [-0.1, -0.05) is 11.8 Å². The minimum atomic E-state index is -0.0693. The summed E-state index contributed by atoms with van der Waals surface area (Å²) < 4.78 is 0. The zero-order valence-corrected chi connectivity index (χ0v) is 12.4. The summed E-state index contributed by atoms with van der Waals surface area (Å²) in [5.74, 6) is 5.70. The fourth-order valence-corrected chi connectivity index (χ4v) is 2.01. The molecule has 1 aromatic rings. The van der Waals surface area contributed by atoms with Crippen molar-refractivity contribution in [3.8, 4) is 11.8 Å². The molecule has 0 aliphatic carbocycles. The van der Waals surface area contributed by atoms with Gasteiger partial charge in [-0.3, -0.25) is 4.79 Å². The zero-order chi connectivity index (χ0) is 14.3. The van der Waals surface area contributed by atoms with Crippen LogP contribution in [0.2, 0.25) is 0 Å². The Morgan fingerprint density at radius 3 is 2.95 bits per heavy atom. The monoisotopic (exact) mass is 280 g/mol. The summed E-state index contributed by atoms with van der Waals surface area (Å²) in [6.07, 6.45) is 0.458. The Bertz CT molecular complexity index is 471. The average Bonchev–Trinajstić information content (AvgIpc) is 2.84. The quantitative estimate of drug-likeness (QED) is 0.796. The summed E-state index contributed by atoms with van der Waals surface area (Å²) in [6, 6.07) is 2.08. The van der Waals surface area contributed by atoms with Gasteiger partial charge in [0.15, 0.2) is 0 Å². The Labute approximate surface area is 118 Å². The fourth-order valence-electron chi connectivity index (χ4n) is 1.25. The van der Waals surface area contributed by atoms with E-state index in [4.69, 9.17) is 5.11 Å². The number of rotatable bonds is 5. The molecule has 0 saturated carbocycles. The molecule has 104 valence electrons. The Morgan fingerprint density at radius 1 is 1.58 bits per heavy atom. The first-order chi connectivity index (χ1) is 9.04. The summed E-state index contributed by atoms with van der Waals surface area (Å²) >= 11 is 1.44. The maximum atomic E-state index is 11.9. The number of thiophene rings is 1. The molecule has 1 rings (SSSR count). The van der Waals surface area contributed by atoms with Crippen LogP contribution < -0.4 is 5.32 Å². The highest BCUT2D eigenvalue weighted by Crippen LogP contribution is 2.13. The van der Waals surface area contributed by atoms with Crippen molar-refractivity contribution in [2.45, 2.75) is 19.4 Å². The van der Waals surface area contributed by atoms with Crippen LogP contribution >= 0.6 is 11.3 Å². The van der Waals surface area contributed by atoms with Crippen LogP contribution in [0.4, 0.5) is 0 Å². The van der Waals surface area contributed by atoms with Gasteiger partial charge in [0.05, 0.1) is 17.0 Å². The van der Waals surface area contributed by atoms with E-state index in [0.29, 0.717) is 24.6 Å². The number of hydrogen-bond donors (Lipinski definition) is 2. The first-order valence-electron chi connectivity index (χ1n) is 6.17. The number of nitrogens with one attached hydrogen (secondary N) is 1. The van der Waals surface area contributed by atoms with E-state index in [-0.39, 0.29) is 12.5 Å². The van der Waals surface area contributed by atoms with Gasteiger partial charge in [0.2, 0.25) is 0 Å². The molecule has 0 aliphatic rings. The summed E-state index contributed by atoms with van der Waals surface area (Å²) in [5, 5.41) is 13.3. The predicted octanol–water partition coefficient (Wildman–Crippen LogP) is 1.16. The maximum absolute atomic E-state index is 11.9. The van der Waals surface area contributed by atoms with E-state index in [0.717, 1.165) is 4.88 Å². The van der Waals surface area contributed by atoms with Crippen LogP contribution in [0.5, 0.6) is 0 Å². The Kier molecular flexibility index (Phi) is 6.57. The van der Waals surface area contributed by atoms with Crippen molar-refractivity contribution in [2.75, 3.05) is 27.2 Å². The van der Waals surface area contributed by atoms with Crippen LogP contribution in [-0.2, 0) is 0 Å². The van der Waals surface area contributed by atoms with Crippen LogP contribution in [0.25, 0.3) is 0 Å². The molecule has 0 saturated heterocycles. The molecule has 0 radical (unpaired) electrons. The minimum absolute atomic E-state index is 0.0636. The number of nitrogens with zero attached hydrogens (tertiary/aromatic N) is 1. The van der Waals surface area contributed by atoms with Crippen LogP contribution in [0, 0.1) is 11.8 Å². The number of hydrogen-bond acceptors (Lipinski definition) is 4. The molecule has 0 aliphatic heterocycles. The van der Waals surface area contributed by atoms with Crippen molar-refractivity contribution < 1.29 is 9.90 Å². The van der Waals surface area contributed by atoms with Crippen molar-refractivity contribution in [1.29, 1.82) is 0 Å². The summed E-state index contributed by atoms with van der Waals surface area (Å²) in [6.45, 7) is 2.74. The van der Waals surface area contributed by atoms with E-state index >= 15 is 0 Å². The zero-order valence-electron chi connectivity index (χ0n) is 11.6. The largest absolute Gasteiger partial charge is 0.395 e. The Balaban J connectivity index is 2.52. The molecule has 0 aromatic carbocycles. The highest BCUT2D eigenvalue weighted by Gasteiger charge is 2.10. The number of carbonyl (C=O) groups excluding carboxylic acids is 1. The minimum Gasteiger partial charge on any atom is -0.395 e. The lowest BCUT2D eigenvalue weighted by atomic mass is 10.2. The van der Waals surface area contributed by atoms with Gasteiger partial charge in [-0.2, -0.15) is 0 Å². The number of aliphatic hydroxyl groups excluding tert-OH is 1. The highest BCUT2D eigenvalue weighted by atomic mass is 32.1. The van der Waals surface area contributed by atoms with Crippen molar-refractivity contribution >= 4 is 17.2 Å². The van der Waals surface area contributed by atoms with E-state index < -0.39 is 0 Å². The summed E-state index contributed by atoms with van der Waals surface area (Å²) in [7, 11) is 3.96. The maximum Gasteiger partial charge on any atom is 0.252 e. The molecule has 1 aromatic heterocycles. The van der Waals surface area contributed by atoms with Crippen LogP contribution in [0.1, 0.15) is 28.6 Å². The van der Waals surface area contributed by atoms with Gasteiger partial charge in [-0.25, -0.2) is 0 Å². The van der Waals surface area contributed by atoms with Crippen molar-refractivity contribution in [3.63, 3.8) is 0 Å². The molecule has 1 unspecified atom stereocenters. The average molecular weight is 280 g/mol. The molecular weight excluding hydrogens is 260 g/mol. The molecule has 4 nitrogen and oxygen atoms in total. The van der Waals surface area contributed by atoms with Crippen molar-refractivity contribution in [1.82, 2.24) is 10.2 Å². The standard InChI is InChI=1S/C14H20N2O2S/c1-11(16(2)3)9-15-14(18)12-8-13(19-10-12)6-4-5-7-17/h8,10-11,17H,5,7,9H2,1-3H3,(H,15,18). The lowest BCUT2D eigenvalue weighted by Gasteiger charge is -2.19. The van der Waals surface area contributed by atoms with Crippen molar-refractivity contribution in [2.24, 2.45) is 0 Å². The SMILES string of the molecule is CC(CNC(=O)c1csc(C#CCCO)c1)N(C)C. The second-order valence-electron chi connectivity index (χ2n) is 4.50. The lowest BCUT2D eigenvalue weighted by molar-refractivity contribution is 0.0944. The second-order valence-corrected chi connectivity index (χ2v) is 5.41. The molecule has 19 heavy (non-hydrogen) atoms. The topological polar surface area (TPSA) is 52.6 Å². The number of likely N-dealkylation sites (N-methyl/N-ethyl adjacent to an activating group) is 1. The van der Waals surface area contributed by atoms with Crippen LogP contribution in [0.3, 0.4) is 0 Å². The predicted molar refractivity (Wildman–Crippen MR) is 78.4 cm³/mol. The van der Waals surface area contributed by atoms with Crippen LogP contribution in [0.15, 0.2) is 11.4 Å². The molecule has 1 atom stereocenters. The van der Waals surface area contributed by atoms with Gasteiger partial charge in [0.1, 0.15) is 0 Å². The van der Waals surface area contributed by atoms with E-state index in [1.54, 1.807) is 11.4 Å². The van der Waals surface area contributed by atoms with Gasteiger partial charge < -0.3 is 15.3 Å². The van der Waals surface area contributed by atoms with E-state index in [1.165, 1.54) is 11.3 Å². The third-order valence-electron chi connectivity index (χ3n) is 2.75. The number of carbonyl (C=O) groups is 1. The number of aliphatic hydroxyl groups is 1. The van der Waals surface area contributed by atoms with E-state index in [2.05, 4.69) is 29.0 Å². The van der Waals surface area contributed by atoms with Gasteiger partial charge in [0.25, 0.3) is 5.91 Å². The molecule has 0 fully saturated rings. The van der Waals surface area contributed by atoms with E-state index in [9.17, 15) is 4.79 Å². The highest BCUT2D eigenvalue weighted by molar-refractivity contribution is 7.10. The Morgan fingerprint density at radius 2 is 2.32 bits per heavy atom. The summed E-state index contributed by atoms with van der Waals surface area (Å²) in [5.41, 5.74) is 0.643.